The molecule has 0 bridgehead atoms. The molecule has 0 amide bonds. The summed E-state index contributed by atoms with van der Waals surface area (Å²) in [6, 6.07) is 11.1. The average Bonchev–Trinajstić information content (AvgIpc) is 3.39. The van der Waals surface area contributed by atoms with E-state index >= 15 is 0 Å². The van der Waals surface area contributed by atoms with Crippen LogP contribution >= 0.6 is 0 Å². The van der Waals surface area contributed by atoms with E-state index in [1.54, 1.807) is 0 Å². The van der Waals surface area contributed by atoms with Crippen molar-refractivity contribution in [3.8, 4) is 22.4 Å². The summed E-state index contributed by atoms with van der Waals surface area (Å²) in [7, 11) is 0. The van der Waals surface area contributed by atoms with Crippen molar-refractivity contribution in [1.29, 1.82) is 0 Å². The Morgan fingerprint density at radius 2 is 1.86 bits per heavy atom. The third-order valence-electron chi connectivity index (χ3n) is 6.06. The maximum Gasteiger partial charge on any atom is 0.100 e. The fourth-order valence-electron chi connectivity index (χ4n) is 4.50. The molecule has 3 heterocycles. The van der Waals surface area contributed by atoms with Gasteiger partial charge in [0.05, 0.1) is 12.1 Å². The molecule has 2 aliphatic rings. The van der Waals surface area contributed by atoms with Gasteiger partial charge in [0.15, 0.2) is 0 Å². The minimum Gasteiger partial charge on any atom is -0.317 e. The van der Waals surface area contributed by atoms with Crippen molar-refractivity contribution >= 4 is 0 Å². The lowest BCUT2D eigenvalue weighted by atomic mass is 9.98. The fourth-order valence-corrected chi connectivity index (χ4v) is 4.50. The molecule has 3 aromatic rings. The first kappa shape index (κ1) is 17.6. The summed E-state index contributed by atoms with van der Waals surface area (Å²) < 4.78 is 2.16. The van der Waals surface area contributed by atoms with Crippen LogP contribution in [-0.2, 0) is 6.42 Å². The van der Waals surface area contributed by atoms with Crippen molar-refractivity contribution in [3.05, 3.63) is 60.0 Å². The number of nitrogens with zero attached hydrogens (tertiary/aromatic N) is 3. The van der Waals surface area contributed by atoms with Crippen LogP contribution in [0.1, 0.15) is 42.5 Å². The van der Waals surface area contributed by atoms with Gasteiger partial charge in [-0.3, -0.25) is 9.67 Å². The monoisotopic (exact) mass is 375 g/mol. The zero-order chi connectivity index (χ0) is 18.9. The maximum absolute atomic E-state index is 9.37. The number of pyridine rings is 1. The number of aryl methyl sites for hydroxylation is 1. The summed E-state index contributed by atoms with van der Waals surface area (Å²) in [6.45, 7) is 2.08. The van der Waals surface area contributed by atoms with E-state index in [0.29, 0.717) is 6.04 Å². The van der Waals surface area contributed by atoms with E-state index in [0.717, 1.165) is 55.6 Å². The predicted octanol–water partition coefficient (Wildman–Crippen LogP) is 3.50. The smallest absolute Gasteiger partial charge is 0.100 e. The van der Waals surface area contributed by atoms with Gasteiger partial charge in [0.25, 0.3) is 0 Å². The molecule has 0 radical (unpaired) electrons. The van der Waals surface area contributed by atoms with Crippen LogP contribution in [0.3, 0.4) is 0 Å². The molecule has 0 saturated carbocycles. The molecule has 1 aromatic carbocycles. The quantitative estimate of drug-likeness (QED) is 0.609. The van der Waals surface area contributed by atoms with Crippen LogP contribution in [-0.4, -0.2) is 33.1 Å². The lowest BCUT2D eigenvalue weighted by molar-refractivity contribution is 0.126. The molecule has 28 heavy (non-hydrogen) atoms. The Morgan fingerprint density at radius 1 is 1.04 bits per heavy atom. The van der Waals surface area contributed by atoms with Gasteiger partial charge in [0, 0.05) is 29.7 Å². The first-order chi connectivity index (χ1) is 13.8. The molecule has 0 spiro atoms. The minimum atomic E-state index is 0.0428. The molecule has 5 rings (SSSR count). The Morgan fingerprint density at radius 3 is 2.64 bits per heavy atom. The maximum atomic E-state index is 9.37. The summed E-state index contributed by atoms with van der Waals surface area (Å²) in [5, 5.41) is 17.8. The van der Waals surface area contributed by atoms with Crippen LogP contribution in [0.5, 0.6) is 0 Å². The Bertz CT molecular complexity index is 962. The second kappa shape index (κ2) is 7.47. The van der Waals surface area contributed by atoms with Crippen molar-refractivity contribution in [2.75, 3.05) is 13.1 Å². The number of aromatic nitrogens is 3. The second-order valence-corrected chi connectivity index (χ2v) is 7.72. The molecule has 1 atom stereocenters. The molecular formula is C22H25N5O. The van der Waals surface area contributed by atoms with Gasteiger partial charge in [-0.25, -0.2) is 0 Å². The number of hydrogen-bond donors (Lipinski definition) is 3. The molecule has 144 valence electrons. The molecule has 1 aliphatic heterocycles. The number of benzene rings is 1. The number of fused-ring (bicyclic) bond motifs is 1. The average molecular weight is 375 g/mol. The topological polar surface area (TPSA) is 75.0 Å². The molecule has 1 aliphatic carbocycles. The number of hydroxylamine groups is 1. The predicted molar refractivity (Wildman–Crippen MR) is 108 cm³/mol. The third-order valence-corrected chi connectivity index (χ3v) is 6.06. The fraction of sp³-hybridized carbons (Fsp3) is 0.364. The zero-order valence-electron chi connectivity index (χ0n) is 15.8. The molecule has 6 nitrogen and oxygen atoms in total. The van der Waals surface area contributed by atoms with Crippen molar-refractivity contribution in [3.63, 3.8) is 0 Å². The third kappa shape index (κ3) is 3.13. The van der Waals surface area contributed by atoms with E-state index in [2.05, 4.69) is 44.9 Å². The molecular weight excluding hydrogens is 350 g/mol. The summed E-state index contributed by atoms with van der Waals surface area (Å²) in [5.41, 5.74) is 9.38. The van der Waals surface area contributed by atoms with Gasteiger partial charge in [0.1, 0.15) is 5.69 Å². The van der Waals surface area contributed by atoms with Crippen LogP contribution in [0.25, 0.3) is 22.4 Å². The standard InChI is InChI=1S/C22H25N5O/c28-26-21-4-2-16-13-17(1-3-19(16)21)20-14-27(18-7-11-24-12-8-18)25-22(20)15-5-9-23-10-6-15/h1,3,5-6,9-10,13-14,18,21,24,26,28H,2,4,7-8,11-12H2. The Kier molecular flexibility index (Phi) is 4.68. The summed E-state index contributed by atoms with van der Waals surface area (Å²) >= 11 is 0. The SMILES string of the molecule is ONC1CCc2cc(-c3cn(C4CCNCC4)nc3-c3ccncc3)ccc21. The molecule has 1 unspecified atom stereocenters. The van der Waals surface area contributed by atoms with Crippen molar-refractivity contribution < 1.29 is 5.21 Å². The highest BCUT2D eigenvalue weighted by Crippen LogP contribution is 2.37. The Labute approximate surface area is 164 Å². The van der Waals surface area contributed by atoms with Crippen LogP contribution in [0, 0.1) is 0 Å². The van der Waals surface area contributed by atoms with Gasteiger partial charge in [-0.15, -0.1) is 0 Å². The van der Waals surface area contributed by atoms with Gasteiger partial charge in [-0.05, 0) is 67.6 Å². The van der Waals surface area contributed by atoms with Crippen LogP contribution in [0.2, 0.25) is 0 Å². The van der Waals surface area contributed by atoms with E-state index in [1.165, 1.54) is 16.7 Å². The zero-order valence-corrected chi connectivity index (χ0v) is 15.8. The summed E-state index contributed by atoms with van der Waals surface area (Å²) in [5.74, 6) is 0. The first-order valence-electron chi connectivity index (χ1n) is 10.1. The van der Waals surface area contributed by atoms with Gasteiger partial charge >= 0.3 is 0 Å². The molecule has 3 N–H and O–H groups in total. The number of rotatable bonds is 4. The van der Waals surface area contributed by atoms with Crippen molar-refractivity contribution in [2.24, 2.45) is 0 Å². The van der Waals surface area contributed by atoms with Crippen LogP contribution in [0.15, 0.2) is 48.9 Å². The van der Waals surface area contributed by atoms with Crippen molar-refractivity contribution in [2.45, 2.75) is 37.8 Å². The first-order valence-corrected chi connectivity index (χ1v) is 10.1. The van der Waals surface area contributed by atoms with Gasteiger partial charge in [0.2, 0.25) is 0 Å². The van der Waals surface area contributed by atoms with Crippen LogP contribution in [0.4, 0.5) is 0 Å². The van der Waals surface area contributed by atoms with E-state index in [9.17, 15) is 5.21 Å². The van der Waals surface area contributed by atoms with Gasteiger partial charge in [-0.2, -0.15) is 10.6 Å². The summed E-state index contributed by atoms with van der Waals surface area (Å²) in [4.78, 5) is 4.16. The molecule has 2 aromatic heterocycles. The normalized spacial score (nSPS) is 19.7. The van der Waals surface area contributed by atoms with E-state index < -0.39 is 0 Å². The van der Waals surface area contributed by atoms with Gasteiger partial charge in [-0.1, -0.05) is 18.2 Å². The highest BCUT2D eigenvalue weighted by Gasteiger charge is 2.24. The summed E-state index contributed by atoms with van der Waals surface area (Å²) in [6.07, 6.45) is 9.97. The lowest BCUT2D eigenvalue weighted by Crippen LogP contribution is -2.29. The Hall–Kier alpha value is -2.54. The molecule has 1 fully saturated rings. The van der Waals surface area contributed by atoms with E-state index in [1.807, 2.05) is 24.5 Å². The molecule has 6 heteroatoms. The molecule has 1 saturated heterocycles. The van der Waals surface area contributed by atoms with Gasteiger partial charge < -0.3 is 10.5 Å². The highest BCUT2D eigenvalue weighted by molar-refractivity contribution is 5.80. The van der Waals surface area contributed by atoms with Crippen LogP contribution < -0.4 is 10.8 Å². The van der Waals surface area contributed by atoms with E-state index in [-0.39, 0.29) is 6.04 Å². The highest BCUT2D eigenvalue weighted by atomic mass is 16.5. The van der Waals surface area contributed by atoms with Crippen molar-refractivity contribution in [1.82, 2.24) is 25.6 Å². The van der Waals surface area contributed by atoms with E-state index in [4.69, 9.17) is 5.10 Å². The number of nitrogens with one attached hydrogen (secondary N) is 2. The second-order valence-electron chi connectivity index (χ2n) is 7.72. The minimum absolute atomic E-state index is 0.0428. The number of piperidine rings is 1. The number of hydrogen-bond acceptors (Lipinski definition) is 5. The lowest BCUT2D eigenvalue weighted by Gasteiger charge is -2.22. The Balaban J connectivity index is 1.59. The largest absolute Gasteiger partial charge is 0.317 e.